The molecule has 1 fully saturated rings. The lowest BCUT2D eigenvalue weighted by Gasteiger charge is -2.22. The fraction of sp³-hybridized carbons (Fsp3) is 0.692. The topological polar surface area (TPSA) is 87.3 Å². The van der Waals surface area contributed by atoms with E-state index in [9.17, 15) is 5.11 Å². The van der Waals surface area contributed by atoms with Gasteiger partial charge in [-0.25, -0.2) is 15.8 Å². The van der Waals surface area contributed by atoms with Gasteiger partial charge in [-0.3, -0.25) is 0 Å². The van der Waals surface area contributed by atoms with E-state index in [-0.39, 0.29) is 12.0 Å². The Morgan fingerprint density at radius 1 is 1.47 bits per heavy atom. The van der Waals surface area contributed by atoms with E-state index >= 15 is 0 Å². The molecule has 0 radical (unpaired) electrons. The van der Waals surface area contributed by atoms with Crippen LogP contribution in [0, 0.1) is 5.92 Å². The molecule has 1 aromatic heterocycles. The van der Waals surface area contributed by atoms with Gasteiger partial charge in [-0.15, -0.1) is 0 Å². The largest absolute Gasteiger partial charge is 0.396 e. The van der Waals surface area contributed by atoms with Gasteiger partial charge >= 0.3 is 0 Å². The molecule has 0 amide bonds. The molecule has 0 aliphatic carbocycles. The summed E-state index contributed by atoms with van der Waals surface area (Å²) in [5, 5.41) is 9.22. The smallest absolute Gasteiger partial charge is 0.145 e. The summed E-state index contributed by atoms with van der Waals surface area (Å²) in [5.41, 5.74) is 2.47. The summed E-state index contributed by atoms with van der Waals surface area (Å²) in [7, 11) is 0. The van der Waals surface area contributed by atoms with Gasteiger partial charge in [-0.2, -0.15) is 0 Å². The normalized spacial score (nSPS) is 19.8. The summed E-state index contributed by atoms with van der Waals surface area (Å²) >= 11 is 0. The van der Waals surface area contributed by atoms with Crippen molar-refractivity contribution in [2.24, 2.45) is 11.8 Å². The maximum Gasteiger partial charge on any atom is 0.145 e. The first-order chi connectivity index (χ1) is 8.94. The maximum atomic E-state index is 9.22. The molecule has 19 heavy (non-hydrogen) atoms. The first kappa shape index (κ1) is 14.0. The Hall–Kier alpha value is -1.40. The van der Waals surface area contributed by atoms with E-state index in [1.165, 1.54) is 0 Å². The highest BCUT2D eigenvalue weighted by molar-refractivity contribution is 5.50. The van der Waals surface area contributed by atoms with Gasteiger partial charge in [-0.05, 0) is 6.42 Å². The summed E-state index contributed by atoms with van der Waals surface area (Å²) in [5.74, 6) is 8.09. The number of rotatable bonds is 3. The number of nitrogens with two attached hydrogens (primary N) is 1. The van der Waals surface area contributed by atoms with Crippen LogP contribution >= 0.6 is 0 Å². The molecular formula is C13H23N5O. The summed E-state index contributed by atoms with van der Waals surface area (Å²) in [6.07, 6.45) is 0.997. The first-order valence-corrected chi connectivity index (χ1v) is 6.66. The van der Waals surface area contributed by atoms with Gasteiger partial charge in [0, 0.05) is 37.1 Å². The minimum absolute atomic E-state index is 0.127. The molecule has 0 spiro atoms. The van der Waals surface area contributed by atoms with Crippen molar-refractivity contribution in [2.75, 3.05) is 30.0 Å². The second-order valence-electron chi connectivity index (χ2n) is 6.11. The van der Waals surface area contributed by atoms with E-state index in [1.807, 2.05) is 6.07 Å². The van der Waals surface area contributed by atoms with Crippen molar-refractivity contribution in [3.05, 3.63) is 11.9 Å². The van der Waals surface area contributed by atoms with Gasteiger partial charge in [-0.1, -0.05) is 20.8 Å². The number of nitrogen functional groups attached to an aromatic ring is 1. The second kappa shape index (κ2) is 5.30. The minimum Gasteiger partial charge on any atom is -0.396 e. The van der Waals surface area contributed by atoms with Crippen molar-refractivity contribution in [3.8, 4) is 0 Å². The molecule has 4 N–H and O–H groups in total. The summed E-state index contributed by atoms with van der Waals surface area (Å²) < 4.78 is 0. The van der Waals surface area contributed by atoms with E-state index in [1.54, 1.807) is 0 Å². The zero-order valence-corrected chi connectivity index (χ0v) is 11.8. The number of nitrogens with zero attached hydrogens (tertiary/aromatic N) is 3. The Balaban J connectivity index is 2.30. The number of anilines is 2. The van der Waals surface area contributed by atoms with Gasteiger partial charge in [0.25, 0.3) is 0 Å². The van der Waals surface area contributed by atoms with Crippen LogP contribution in [-0.2, 0) is 5.41 Å². The monoisotopic (exact) mass is 265 g/mol. The zero-order valence-electron chi connectivity index (χ0n) is 11.8. The number of aliphatic hydroxyl groups excluding tert-OH is 1. The lowest BCUT2D eigenvalue weighted by Crippen LogP contribution is -2.25. The molecule has 1 aliphatic rings. The molecule has 1 atom stereocenters. The second-order valence-corrected chi connectivity index (χ2v) is 6.11. The highest BCUT2D eigenvalue weighted by atomic mass is 16.3. The standard InChI is InChI=1S/C13H23N5O/c1-13(2,3)12-15-10(17-14)6-11(16-12)18-5-4-9(7-18)8-19/h6,9,19H,4-5,7-8,14H2,1-3H3,(H,15,16,17). The summed E-state index contributed by atoms with van der Waals surface area (Å²) in [4.78, 5) is 11.2. The maximum absolute atomic E-state index is 9.22. The van der Waals surface area contributed by atoms with Crippen LogP contribution in [0.2, 0.25) is 0 Å². The van der Waals surface area contributed by atoms with Crippen molar-refractivity contribution in [1.29, 1.82) is 0 Å². The quantitative estimate of drug-likeness (QED) is 0.555. The molecule has 6 nitrogen and oxygen atoms in total. The number of hydrogen-bond acceptors (Lipinski definition) is 6. The van der Waals surface area contributed by atoms with E-state index < -0.39 is 0 Å². The van der Waals surface area contributed by atoms with Crippen molar-refractivity contribution in [3.63, 3.8) is 0 Å². The van der Waals surface area contributed by atoms with E-state index in [0.717, 1.165) is 31.2 Å². The third-order valence-electron chi connectivity index (χ3n) is 3.40. The van der Waals surface area contributed by atoms with Crippen molar-refractivity contribution < 1.29 is 5.11 Å². The highest BCUT2D eigenvalue weighted by Crippen LogP contribution is 2.27. The van der Waals surface area contributed by atoms with Gasteiger partial charge in [0.15, 0.2) is 0 Å². The number of aromatic nitrogens is 2. The van der Waals surface area contributed by atoms with Gasteiger partial charge < -0.3 is 15.4 Å². The SMILES string of the molecule is CC(C)(C)c1nc(NN)cc(N2CCC(CO)C2)n1. The highest BCUT2D eigenvalue weighted by Gasteiger charge is 2.25. The third-order valence-corrected chi connectivity index (χ3v) is 3.40. The Kier molecular flexibility index (Phi) is 3.91. The van der Waals surface area contributed by atoms with Crippen LogP contribution in [0.5, 0.6) is 0 Å². The molecule has 2 rings (SSSR count). The molecule has 106 valence electrons. The van der Waals surface area contributed by atoms with Crippen molar-refractivity contribution >= 4 is 11.6 Å². The zero-order chi connectivity index (χ0) is 14.0. The van der Waals surface area contributed by atoms with E-state index in [2.05, 4.69) is 41.1 Å². The molecule has 1 aromatic rings. The van der Waals surface area contributed by atoms with Gasteiger partial charge in [0.05, 0.1) is 0 Å². The van der Waals surface area contributed by atoms with Gasteiger partial charge in [0.2, 0.25) is 0 Å². The van der Waals surface area contributed by atoms with Crippen LogP contribution in [0.4, 0.5) is 11.6 Å². The lowest BCUT2D eigenvalue weighted by atomic mass is 9.96. The Morgan fingerprint density at radius 3 is 2.74 bits per heavy atom. The average molecular weight is 265 g/mol. The molecular weight excluding hydrogens is 242 g/mol. The number of aliphatic hydroxyl groups is 1. The predicted molar refractivity (Wildman–Crippen MR) is 75.9 cm³/mol. The molecule has 0 bridgehead atoms. The minimum atomic E-state index is -0.127. The Bertz CT molecular complexity index is 443. The molecule has 0 aromatic carbocycles. The third kappa shape index (κ3) is 3.13. The van der Waals surface area contributed by atoms with Crippen LogP contribution in [0.15, 0.2) is 6.07 Å². The molecule has 0 saturated carbocycles. The van der Waals surface area contributed by atoms with Crippen LogP contribution in [-0.4, -0.2) is 34.8 Å². The molecule has 1 unspecified atom stereocenters. The molecule has 2 heterocycles. The molecule has 6 heteroatoms. The van der Waals surface area contributed by atoms with Gasteiger partial charge in [0.1, 0.15) is 17.5 Å². The lowest BCUT2D eigenvalue weighted by molar-refractivity contribution is 0.238. The molecule has 1 aliphatic heterocycles. The van der Waals surface area contributed by atoms with Crippen LogP contribution in [0.25, 0.3) is 0 Å². The van der Waals surface area contributed by atoms with Crippen molar-refractivity contribution in [1.82, 2.24) is 9.97 Å². The fourth-order valence-electron chi connectivity index (χ4n) is 2.20. The van der Waals surface area contributed by atoms with Crippen LogP contribution < -0.4 is 16.2 Å². The Morgan fingerprint density at radius 2 is 2.21 bits per heavy atom. The van der Waals surface area contributed by atoms with Crippen LogP contribution in [0.3, 0.4) is 0 Å². The average Bonchev–Trinajstić information content (AvgIpc) is 2.86. The van der Waals surface area contributed by atoms with E-state index in [0.29, 0.717) is 11.7 Å². The van der Waals surface area contributed by atoms with Crippen LogP contribution in [0.1, 0.15) is 33.0 Å². The number of hydrogen-bond donors (Lipinski definition) is 3. The first-order valence-electron chi connectivity index (χ1n) is 6.66. The van der Waals surface area contributed by atoms with Crippen molar-refractivity contribution in [2.45, 2.75) is 32.6 Å². The molecule has 1 saturated heterocycles. The summed E-state index contributed by atoms with van der Waals surface area (Å²) in [6, 6.07) is 1.86. The number of hydrazine groups is 1. The fourth-order valence-corrected chi connectivity index (χ4v) is 2.20. The predicted octanol–water partition coefficient (Wildman–Crippen LogP) is 0.878. The van der Waals surface area contributed by atoms with E-state index in [4.69, 9.17) is 5.84 Å². The summed E-state index contributed by atoms with van der Waals surface area (Å²) in [6.45, 7) is 8.21. The Labute approximate surface area is 114 Å². The number of nitrogens with one attached hydrogen (secondary N) is 1.